The number of hydrogen-bond donors (Lipinski definition) is 2. The molecule has 0 spiro atoms. The first-order valence-electron chi connectivity index (χ1n) is 9.66. The van der Waals surface area contributed by atoms with E-state index in [1.807, 2.05) is 66.7 Å². The minimum absolute atomic E-state index is 0.0526. The molecule has 0 aliphatic heterocycles. The number of hydrogen-bond acceptors (Lipinski definition) is 4. The third kappa shape index (κ3) is 7.08. The van der Waals surface area contributed by atoms with Crippen molar-refractivity contribution in [2.75, 3.05) is 11.9 Å². The maximum absolute atomic E-state index is 12.5. The van der Waals surface area contributed by atoms with Crippen molar-refractivity contribution in [3.05, 3.63) is 83.3 Å². The number of rotatable bonds is 8. The van der Waals surface area contributed by atoms with Crippen LogP contribution in [-0.2, 0) is 9.59 Å². The van der Waals surface area contributed by atoms with Crippen LogP contribution in [-0.4, -0.2) is 24.1 Å². The summed E-state index contributed by atoms with van der Waals surface area (Å²) >= 11 is 3.34. The molecule has 6 nitrogen and oxygen atoms in total. The molecular weight excluding hydrogens is 458 g/mol. The van der Waals surface area contributed by atoms with Crippen molar-refractivity contribution in [1.29, 1.82) is 0 Å². The highest BCUT2D eigenvalue weighted by Gasteiger charge is 2.10. The van der Waals surface area contributed by atoms with Gasteiger partial charge in [0, 0.05) is 21.4 Å². The minimum Gasteiger partial charge on any atom is -0.484 e. The van der Waals surface area contributed by atoms with Crippen LogP contribution in [0.3, 0.4) is 0 Å². The number of amides is 2. The molecule has 0 saturated carbocycles. The SMILES string of the molecule is C/C(CC(=O)Nc1ccccc1-c1ccccc1)=N/NC(=O)COc1ccc(Br)cc1. The van der Waals surface area contributed by atoms with E-state index < -0.39 is 5.91 Å². The van der Waals surface area contributed by atoms with E-state index in [1.54, 1.807) is 19.1 Å². The first kappa shape index (κ1) is 22.2. The predicted molar refractivity (Wildman–Crippen MR) is 126 cm³/mol. The van der Waals surface area contributed by atoms with E-state index in [-0.39, 0.29) is 18.9 Å². The summed E-state index contributed by atoms with van der Waals surface area (Å²) in [6, 6.07) is 24.6. The number of ether oxygens (including phenoxy) is 1. The normalized spacial score (nSPS) is 11.0. The van der Waals surface area contributed by atoms with Gasteiger partial charge < -0.3 is 10.1 Å². The van der Waals surface area contributed by atoms with Crippen molar-refractivity contribution in [2.24, 2.45) is 5.10 Å². The third-order valence-corrected chi connectivity index (χ3v) is 4.79. The number of anilines is 1. The summed E-state index contributed by atoms with van der Waals surface area (Å²) in [6.45, 7) is 1.51. The Kier molecular flexibility index (Phi) is 7.95. The summed E-state index contributed by atoms with van der Waals surface area (Å²) in [5, 5.41) is 6.90. The summed E-state index contributed by atoms with van der Waals surface area (Å²) in [5.74, 6) is -0.0439. The summed E-state index contributed by atoms with van der Waals surface area (Å²) < 4.78 is 6.31. The lowest BCUT2D eigenvalue weighted by Gasteiger charge is -2.11. The van der Waals surface area contributed by atoms with Crippen molar-refractivity contribution in [2.45, 2.75) is 13.3 Å². The van der Waals surface area contributed by atoms with E-state index in [0.717, 1.165) is 21.3 Å². The van der Waals surface area contributed by atoms with Gasteiger partial charge in [-0.05, 0) is 42.8 Å². The molecule has 3 rings (SSSR count). The van der Waals surface area contributed by atoms with E-state index in [0.29, 0.717) is 11.5 Å². The van der Waals surface area contributed by atoms with Crippen LogP contribution in [0.4, 0.5) is 5.69 Å². The summed E-state index contributed by atoms with van der Waals surface area (Å²) in [4.78, 5) is 24.4. The Balaban J connectivity index is 1.51. The lowest BCUT2D eigenvalue weighted by molar-refractivity contribution is -0.123. The zero-order valence-electron chi connectivity index (χ0n) is 17.0. The number of para-hydroxylation sites is 1. The number of nitrogens with one attached hydrogen (secondary N) is 2. The maximum atomic E-state index is 12.5. The van der Waals surface area contributed by atoms with Crippen molar-refractivity contribution < 1.29 is 14.3 Å². The fourth-order valence-corrected chi connectivity index (χ4v) is 3.06. The largest absolute Gasteiger partial charge is 0.484 e. The molecule has 0 unspecified atom stereocenters. The van der Waals surface area contributed by atoms with Gasteiger partial charge in [0.2, 0.25) is 5.91 Å². The Labute approximate surface area is 189 Å². The van der Waals surface area contributed by atoms with Crippen molar-refractivity contribution >= 4 is 39.1 Å². The molecule has 0 fully saturated rings. The van der Waals surface area contributed by atoms with Gasteiger partial charge in [0.25, 0.3) is 5.91 Å². The second-order valence-corrected chi connectivity index (χ2v) is 7.68. The smallest absolute Gasteiger partial charge is 0.277 e. The van der Waals surface area contributed by atoms with E-state index in [1.165, 1.54) is 0 Å². The second-order valence-electron chi connectivity index (χ2n) is 6.76. The number of nitrogens with zero attached hydrogens (tertiary/aromatic N) is 1. The quantitative estimate of drug-likeness (QED) is 0.351. The average molecular weight is 480 g/mol. The van der Waals surface area contributed by atoms with Crippen LogP contribution < -0.4 is 15.5 Å². The Hall–Kier alpha value is -3.45. The molecule has 7 heteroatoms. The molecule has 3 aromatic carbocycles. The molecule has 3 aromatic rings. The van der Waals surface area contributed by atoms with Gasteiger partial charge in [0.05, 0.1) is 6.42 Å². The zero-order valence-corrected chi connectivity index (χ0v) is 18.6. The fraction of sp³-hybridized carbons (Fsp3) is 0.125. The van der Waals surface area contributed by atoms with Crippen LogP contribution in [0.5, 0.6) is 5.75 Å². The van der Waals surface area contributed by atoms with Gasteiger partial charge in [-0.2, -0.15) is 5.10 Å². The summed E-state index contributed by atoms with van der Waals surface area (Å²) in [6.07, 6.45) is 0.0526. The van der Waals surface area contributed by atoms with Gasteiger partial charge in [0.1, 0.15) is 5.75 Å². The van der Waals surface area contributed by atoms with E-state index in [9.17, 15) is 9.59 Å². The third-order valence-electron chi connectivity index (χ3n) is 4.26. The summed E-state index contributed by atoms with van der Waals surface area (Å²) in [7, 11) is 0. The van der Waals surface area contributed by atoms with Crippen molar-refractivity contribution in [3.63, 3.8) is 0 Å². The van der Waals surface area contributed by atoms with E-state index in [2.05, 4.69) is 31.8 Å². The van der Waals surface area contributed by atoms with Crippen LogP contribution >= 0.6 is 15.9 Å². The van der Waals surface area contributed by atoms with Crippen LogP contribution in [0.1, 0.15) is 13.3 Å². The lowest BCUT2D eigenvalue weighted by atomic mass is 10.0. The standard InChI is InChI=1S/C24H22BrN3O3/c1-17(27-28-24(30)16-31-20-13-11-19(25)12-14-20)15-23(29)26-22-10-6-5-9-21(22)18-7-3-2-4-8-18/h2-14H,15-16H2,1H3,(H,26,29)(H,28,30)/b27-17-. The molecule has 0 aromatic heterocycles. The van der Waals surface area contributed by atoms with Gasteiger partial charge in [-0.1, -0.05) is 64.5 Å². The number of carbonyl (C=O) groups excluding carboxylic acids is 2. The highest BCUT2D eigenvalue weighted by Crippen LogP contribution is 2.27. The molecule has 0 heterocycles. The summed E-state index contributed by atoms with van der Waals surface area (Å²) in [5.41, 5.74) is 5.55. The highest BCUT2D eigenvalue weighted by atomic mass is 79.9. The topological polar surface area (TPSA) is 79.8 Å². The Morgan fingerprint density at radius 2 is 1.58 bits per heavy atom. The molecular formula is C24H22BrN3O3. The van der Waals surface area contributed by atoms with E-state index in [4.69, 9.17) is 4.74 Å². The maximum Gasteiger partial charge on any atom is 0.277 e. The molecule has 0 aliphatic carbocycles. The number of carbonyl (C=O) groups is 2. The minimum atomic E-state index is -0.405. The van der Waals surface area contributed by atoms with Crippen LogP contribution in [0.15, 0.2) is 88.4 Å². The Morgan fingerprint density at radius 3 is 2.32 bits per heavy atom. The molecule has 0 saturated heterocycles. The van der Waals surface area contributed by atoms with Crippen molar-refractivity contribution in [3.8, 4) is 16.9 Å². The first-order chi connectivity index (χ1) is 15.0. The second kappa shape index (κ2) is 11.1. The molecule has 31 heavy (non-hydrogen) atoms. The number of halogens is 1. The van der Waals surface area contributed by atoms with Gasteiger partial charge in [-0.15, -0.1) is 0 Å². The van der Waals surface area contributed by atoms with Crippen molar-refractivity contribution in [1.82, 2.24) is 5.43 Å². The monoisotopic (exact) mass is 479 g/mol. The lowest BCUT2D eigenvalue weighted by Crippen LogP contribution is -2.26. The zero-order chi connectivity index (χ0) is 22.1. The van der Waals surface area contributed by atoms with Gasteiger partial charge >= 0.3 is 0 Å². The average Bonchev–Trinajstić information content (AvgIpc) is 2.78. The first-order valence-corrected chi connectivity index (χ1v) is 10.5. The van der Waals surface area contributed by atoms with Gasteiger partial charge in [-0.3, -0.25) is 9.59 Å². The highest BCUT2D eigenvalue weighted by molar-refractivity contribution is 9.10. The number of benzene rings is 3. The van der Waals surface area contributed by atoms with Crippen LogP contribution in [0.2, 0.25) is 0 Å². The number of hydrazone groups is 1. The molecule has 0 atom stereocenters. The molecule has 0 radical (unpaired) electrons. The molecule has 2 amide bonds. The molecule has 0 bridgehead atoms. The van der Waals surface area contributed by atoms with Gasteiger partial charge in [-0.25, -0.2) is 5.43 Å². The molecule has 158 valence electrons. The van der Waals surface area contributed by atoms with Crippen LogP contribution in [0.25, 0.3) is 11.1 Å². The Morgan fingerprint density at radius 1 is 0.903 bits per heavy atom. The fourth-order valence-electron chi connectivity index (χ4n) is 2.80. The van der Waals surface area contributed by atoms with E-state index >= 15 is 0 Å². The van der Waals surface area contributed by atoms with Crippen LogP contribution in [0, 0.1) is 0 Å². The Bertz CT molecular complexity index is 1070. The molecule has 2 N–H and O–H groups in total. The molecule has 0 aliphatic rings. The van der Waals surface area contributed by atoms with Gasteiger partial charge in [0.15, 0.2) is 6.61 Å². The predicted octanol–water partition coefficient (Wildman–Crippen LogP) is 5.02.